The van der Waals surface area contributed by atoms with Crippen molar-refractivity contribution in [3.63, 3.8) is 0 Å². The van der Waals surface area contributed by atoms with Gasteiger partial charge in [0.15, 0.2) is 6.10 Å². The van der Waals surface area contributed by atoms with E-state index >= 15 is 0 Å². The van der Waals surface area contributed by atoms with Crippen molar-refractivity contribution < 1.29 is 14.6 Å². The Balaban J connectivity index is 2.00. The molecule has 4 nitrogen and oxygen atoms in total. The van der Waals surface area contributed by atoms with Gasteiger partial charge in [-0.05, 0) is 12.3 Å². The highest BCUT2D eigenvalue weighted by molar-refractivity contribution is 5.74. The lowest BCUT2D eigenvalue weighted by molar-refractivity contribution is -0.153. The molecule has 1 aliphatic carbocycles. The van der Waals surface area contributed by atoms with E-state index in [1.54, 1.807) is 0 Å². The number of nitrogens with two attached hydrogens (primary N) is 1. The van der Waals surface area contributed by atoms with Gasteiger partial charge in [0, 0.05) is 6.54 Å². The Morgan fingerprint density at radius 2 is 2.33 bits per heavy atom. The van der Waals surface area contributed by atoms with E-state index in [0.29, 0.717) is 6.61 Å². The van der Waals surface area contributed by atoms with Gasteiger partial charge in [-0.1, -0.05) is 12.8 Å². The molecule has 4 heteroatoms. The fraction of sp³-hybridized carbons (Fsp3) is 0.875. The lowest BCUT2D eigenvalue weighted by Gasteiger charge is -2.07. The van der Waals surface area contributed by atoms with E-state index in [1.165, 1.54) is 12.8 Å². The molecule has 0 spiro atoms. The number of esters is 1. The second-order valence-corrected chi connectivity index (χ2v) is 3.15. The molecule has 0 aromatic rings. The van der Waals surface area contributed by atoms with Crippen LogP contribution in [0.3, 0.4) is 0 Å². The summed E-state index contributed by atoms with van der Waals surface area (Å²) in [4.78, 5) is 10.8. The maximum atomic E-state index is 10.8. The first-order valence-corrected chi connectivity index (χ1v) is 4.29. The molecule has 0 radical (unpaired) electrons. The average molecular weight is 173 g/mol. The minimum Gasteiger partial charge on any atom is -0.464 e. The molecule has 1 atom stereocenters. The summed E-state index contributed by atoms with van der Waals surface area (Å²) in [5, 5.41) is 8.91. The highest BCUT2D eigenvalue weighted by Crippen LogP contribution is 2.32. The maximum Gasteiger partial charge on any atom is 0.336 e. The third-order valence-electron chi connectivity index (χ3n) is 1.96. The number of carbonyl (C=O) groups is 1. The summed E-state index contributed by atoms with van der Waals surface area (Å²) < 4.78 is 4.78. The highest BCUT2D eigenvalue weighted by atomic mass is 16.5. The monoisotopic (exact) mass is 173 g/mol. The van der Waals surface area contributed by atoms with E-state index < -0.39 is 12.1 Å². The normalized spacial score (nSPS) is 18.8. The zero-order valence-corrected chi connectivity index (χ0v) is 7.03. The molecule has 0 saturated heterocycles. The van der Waals surface area contributed by atoms with Crippen LogP contribution in [0, 0.1) is 5.92 Å². The third kappa shape index (κ3) is 3.19. The van der Waals surface area contributed by atoms with Crippen molar-refractivity contribution >= 4 is 5.97 Å². The smallest absolute Gasteiger partial charge is 0.336 e. The lowest BCUT2D eigenvalue weighted by Crippen LogP contribution is -2.31. The number of rotatable bonds is 5. The Kier molecular flexibility index (Phi) is 3.49. The van der Waals surface area contributed by atoms with Crippen molar-refractivity contribution in [2.75, 3.05) is 13.2 Å². The van der Waals surface area contributed by atoms with Crippen molar-refractivity contribution in [3.8, 4) is 0 Å². The van der Waals surface area contributed by atoms with Gasteiger partial charge in [0.05, 0.1) is 6.61 Å². The fourth-order valence-electron chi connectivity index (χ4n) is 0.925. The van der Waals surface area contributed by atoms with Crippen LogP contribution in [-0.4, -0.2) is 30.3 Å². The predicted molar refractivity (Wildman–Crippen MR) is 43.4 cm³/mol. The summed E-state index contributed by atoms with van der Waals surface area (Å²) in [5.74, 6) is 0.144. The molecular formula is C8H15NO3. The molecule has 12 heavy (non-hydrogen) atoms. The molecule has 1 rings (SSSR count). The molecule has 3 N–H and O–H groups in total. The third-order valence-corrected chi connectivity index (χ3v) is 1.96. The van der Waals surface area contributed by atoms with Gasteiger partial charge in [0.2, 0.25) is 0 Å². The van der Waals surface area contributed by atoms with E-state index in [2.05, 4.69) is 0 Å². The fourth-order valence-corrected chi connectivity index (χ4v) is 0.925. The molecule has 1 aliphatic rings. The largest absolute Gasteiger partial charge is 0.464 e. The Bertz CT molecular complexity index is 156. The molecule has 1 fully saturated rings. The summed E-state index contributed by atoms with van der Waals surface area (Å²) >= 11 is 0. The zero-order valence-electron chi connectivity index (χ0n) is 7.03. The number of ether oxygens (including phenoxy) is 1. The van der Waals surface area contributed by atoms with E-state index in [-0.39, 0.29) is 6.54 Å². The van der Waals surface area contributed by atoms with Crippen molar-refractivity contribution in [3.05, 3.63) is 0 Å². The SMILES string of the molecule is NCC(O)C(=O)OCCC1CC1. The molecule has 0 aromatic heterocycles. The van der Waals surface area contributed by atoms with Crippen LogP contribution in [-0.2, 0) is 9.53 Å². The van der Waals surface area contributed by atoms with Crippen LogP contribution in [0.15, 0.2) is 0 Å². The summed E-state index contributed by atoms with van der Waals surface area (Å²) in [6.45, 7) is 0.350. The van der Waals surface area contributed by atoms with Crippen LogP contribution in [0.2, 0.25) is 0 Å². The van der Waals surface area contributed by atoms with Gasteiger partial charge in [-0.2, -0.15) is 0 Å². The maximum absolute atomic E-state index is 10.8. The summed E-state index contributed by atoms with van der Waals surface area (Å²) in [7, 11) is 0. The first-order valence-electron chi connectivity index (χ1n) is 4.29. The van der Waals surface area contributed by atoms with Gasteiger partial charge in [-0.15, -0.1) is 0 Å². The van der Waals surface area contributed by atoms with E-state index in [4.69, 9.17) is 15.6 Å². The Labute approximate surface area is 71.7 Å². The minimum absolute atomic E-state index is 0.0672. The van der Waals surface area contributed by atoms with Gasteiger partial charge in [0.25, 0.3) is 0 Å². The first kappa shape index (κ1) is 9.48. The van der Waals surface area contributed by atoms with Crippen LogP contribution in [0.1, 0.15) is 19.3 Å². The second kappa shape index (κ2) is 4.42. The Hall–Kier alpha value is -0.610. The second-order valence-electron chi connectivity index (χ2n) is 3.15. The molecule has 0 aromatic carbocycles. The van der Waals surface area contributed by atoms with Crippen molar-refractivity contribution in [1.82, 2.24) is 0 Å². The summed E-state index contributed by atoms with van der Waals surface area (Å²) in [6.07, 6.45) is 2.26. The van der Waals surface area contributed by atoms with Crippen LogP contribution >= 0.6 is 0 Å². The van der Waals surface area contributed by atoms with E-state index in [0.717, 1.165) is 12.3 Å². The topological polar surface area (TPSA) is 72.5 Å². The molecule has 0 amide bonds. The summed E-state index contributed by atoms with van der Waals surface area (Å²) in [5.41, 5.74) is 5.07. The molecule has 0 heterocycles. The molecule has 0 aliphatic heterocycles. The molecule has 1 unspecified atom stereocenters. The first-order chi connectivity index (χ1) is 5.74. The number of aliphatic hydroxyl groups excluding tert-OH is 1. The van der Waals surface area contributed by atoms with Gasteiger partial charge < -0.3 is 15.6 Å². The quantitative estimate of drug-likeness (QED) is 0.557. The van der Waals surface area contributed by atoms with Crippen molar-refractivity contribution in [2.45, 2.75) is 25.4 Å². The summed E-state index contributed by atoms with van der Waals surface area (Å²) in [6, 6.07) is 0. The minimum atomic E-state index is -1.15. The van der Waals surface area contributed by atoms with E-state index in [9.17, 15) is 4.79 Å². The van der Waals surface area contributed by atoms with Gasteiger partial charge in [-0.25, -0.2) is 4.79 Å². The predicted octanol–water partition coefficient (Wildman–Crippen LogP) is -0.351. The van der Waals surface area contributed by atoms with E-state index in [1.807, 2.05) is 0 Å². The molecule has 0 bridgehead atoms. The number of hydrogen-bond donors (Lipinski definition) is 2. The van der Waals surface area contributed by atoms with Crippen molar-refractivity contribution in [2.24, 2.45) is 11.7 Å². The lowest BCUT2D eigenvalue weighted by atomic mass is 10.3. The number of hydrogen-bond acceptors (Lipinski definition) is 4. The van der Waals surface area contributed by atoms with Gasteiger partial charge >= 0.3 is 5.97 Å². The highest BCUT2D eigenvalue weighted by Gasteiger charge is 2.22. The zero-order chi connectivity index (χ0) is 8.97. The number of aliphatic hydroxyl groups is 1. The standard InChI is InChI=1S/C8H15NO3/c9-5-7(10)8(11)12-4-3-6-1-2-6/h6-7,10H,1-5,9H2. The van der Waals surface area contributed by atoms with Crippen LogP contribution < -0.4 is 5.73 Å². The van der Waals surface area contributed by atoms with Crippen molar-refractivity contribution in [1.29, 1.82) is 0 Å². The Morgan fingerprint density at radius 1 is 1.67 bits per heavy atom. The molecular weight excluding hydrogens is 158 g/mol. The molecule has 70 valence electrons. The molecule has 1 saturated carbocycles. The number of carbonyl (C=O) groups excluding carboxylic acids is 1. The average Bonchev–Trinajstić information content (AvgIpc) is 2.86. The van der Waals surface area contributed by atoms with Crippen LogP contribution in [0.5, 0.6) is 0 Å². The van der Waals surface area contributed by atoms with Gasteiger partial charge in [0.1, 0.15) is 0 Å². The van der Waals surface area contributed by atoms with Crippen LogP contribution in [0.4, 0.5) is 0 Å². The Morgan fingerprint density at radius 3 is 2.83 bits per heavy atom. The van der Waals surface area contributed by atoms with Crippen LogP contribution in [0.25, 0.3) is 0 Å². The van der Waals surface area contributed by atoms with Gasteiger partial charge in [-0.3, -0.25) is 0 Å².